The fraction of sp³-hybridized carbons (Fsp3) is 0.333. The molecule has 0 bridgehead atoms. The molecule has 0 unspecified atom stereocenters. The van der Waals surface area contributed by atoms with E-state index < -0.39 is 0 Å². The van der Waals surface area contributed by atoms with Crippen molar-refractivity contribution in [2.24, 2.45) is 0 Å². The van der Waals surface area contributed by atoms with Crippen LogP contribution in [0.25, 0.3) is 17.1 Å². The maximum absolute atomic E-state index is 11.9. The number of aromatic nitrogens is 3. The summed E-state index contributed by atoms with van der Waals surface area (Å²) in [6.45, 7) is 7.52. The maximum atomic E-state index is 11.9. The van der Waals surface area contributed by atoms with Crippen molar-refractivity contribution in [3.63, 3.8) is 0 Å². The highest BCUT2D eigenvalue weighted by atomic mass is 16.5. The van der Waals surface area contributed by atoms with E-state index in [2.05, 4.69) is 22.0 Å². The van der Waals surface area contributed by atoms with Crippen molar-refractivity contribution in [1.82, 2.24) is 10.1 Å². The Balaban J connectivity index is 2.06. The van der Waals surface area contributed by atoms with Crippen LogP contribution in [0.1, 0.15) is 25.8 Å². The Hall–Kier alpha value is -2.70. The van der Waals surface area contributed by atoms with Crippen LogP contribution in [-0.4, -0.2) is 28.7 Å². The average Bonchev–Trinajstić information content (AvgIpc) is 2.46. The van der Waals surface area contributed by atoms with E-state index in [1.807, 2.05) is 6.07 Å². The zero-order valence-corrected chi connectivity index (χ0v) is 12.6. The van der Waals surface area contributed by atoms with Crippen molar-refractivity contribution in [2.45, 2.75) is 26.4 Å². The highest BCUT2D eigenvalue weighted by Gasteiger charge is 2.12. The van der Waals surface area contributed by atoms with Crippen LogP contribution in [0.2, 0.25) is 0 Å². The SMILES string of the molecule is C=Cc1ccc2nc(NCCC(=O)OC(C)C)n[n+]([O-])c2c1. The maximum Gasteiger partial charge on any atom is 0.307 e. The van der Waals surface area contributed by atoms with Gasteiger partial charge in [-0.15, -0.1) is 0 Å². The lowest BCUT2D eigenvalue weighted by Crippen LogP contribution is -2.34. The molecule has 2 aromatic rings. The number of nitrogens with one attached hydrogen (secondary N) is 1. The van der Waals surface area contributed by atoms with Gasteiger partial charge in [0.15, 0.2) is 0 Å². The van der Waals surface area contributed by atoms with Crippen LogP contribution in [0.3, 0.4) is 0 Å². The van der Waals surface area contributed by atoms with Gasteiger partial charge in [-0.3, -0.25) is 4.79 Å². The number of hydrogen-bond donors (Lipinski definition) is 1. The van der Waals surface area contributed by atoms with Gasteiger partial charge in [-0.2, -0.15) is 0 Å². The summed E-state index contributed by atoms with van der Waals surface area (Å²) in [7, 11) is 0. The summed E-state index contributed by atoms with van der Waals surface area (Å²) in [5.74, 6) is -0.139. The summed E-state index contributed by atoms with van der Waals surface area (Å²) >= 11 is 0. The largest absolute Gasteiger partial charge is 0.594 e. The number of nitrogens with zero attached hydrogens (tertiary/aromatic N) is 3. The third kappa shape index (κ3) is 3.91. The number of carbonyl (C=O) groups excluding carboxylic acids is 1. The lowest BCUT2D eigenvalue weighted by atomic mass is 10.2. The topological polar surface area (TPSA) is 91.0 Å². The Bertz CT molecular complexity index is 700. The summed E-state index contributed by atoms with van der Waals surface area (Å²) in [5.41, 5.74) is 1.70. The van der Waals surface area contributed by atoms with Gasteiger partial charge >= 0.3 is 5.97 Å². The predicted molar refractivity (Wildman–Crippen MR) is 82.9 cm³/mol. The first-order valence-corrected chi connectivity index (χ1v) is 6.97. The van der Waals surface area contributed by atoms with Gasteiger partial charge in [0.25, 0.3) is 11.5 Å². The molecule has 2 rings (SSSR count). The van der Waals surface area contributed by atoms with Crippen LogP contribution in [0.15, 0.2) is 24.8 Å². The number of esters is 1. The normalized spacial score (nSPS) is 10.7. The van der Waals surface area contributed by atoms with Gasteiger partial charge < -0.3 is 15.3 Å². The first kappa shape index (κ1) is 15.7. The monoisotopic (exact) mass is 302 g/mol. The Morgan fingerprint density at radius 3 is 3.00 bits per heavy atom. The highest BCUT2D eigenvalue weighted by molar-refractivity contribution is 5.75. The molecule has 1 N–H and O–H groups in total. The second-order valence-corrected chi connectivity index (χ2v) is 4.98. The van der Waals surface area contributed by atoms with Gasteiger partial charge in [-0.1, -0.05) is 18.7 Å². The molecule has 0 atom stereocenters. The zero-order chi connectivity index (χ0) is 16.1. The average molecular weight is 302 g/mol. The lowest BCUT2D eigenvalue weighted by molar-refractivity contribution is -0.641. The van der Waals surface area contributed by atoms with E-state index in [1.165, 1.54) is 0 Å². The van der Waals surface area contributed by atoms with Crippen molar-refractivity contribution >= 4 is 29.0 Å². The second kappa shape index (κ2) is 6.84. The van der Waals surface area contributed by atoms with Crippen LogP contribution in [0.5, 0.6) is 0 Å². The minimum absolute atomic E-state index is 0.146. The minimum atomic E-state index is -0.311. The molecule has 1 aromatic carbocycles. The molecule has 0 aliphatic heterocycles. The summed E-state index contributed by atoms with van der Waals surface area (Å²) < 4.78 is 5.01. The van der Waals surface area contributed by atoms with E-state index in [1.54, 1.807) is 32.1 Å². The number of hydrogen-bond acceptors (Lipinski definition) is 6. The molecular formula is C15H18N4O3. The molecule has 7 heteroatoms. The van der Waals surface area contributed by atoms with Gasteiger partial charge in [0.05, 0.1) is 17.6 Å². The molecule has 0 saturated carbocycles. The number of anilines is 1. The van der Waals surface area contributed by atoms with Crippen LogP contribution in [-0.2, 0) is 9.53 Å². The highest BCUT2D eigenvalue weighted by Crippen LogP contribution is 2.12. The first-order chi connectivity index (χ1) is 10.5. The molecule has 0 spiro atoms. The van der Waals surface area contributed by atoms with Crippen molar-refractivity contribution in [3.05, 3.63) is 35.5 Å². The molecule has 22 heavy (non-hydrogen) atoms. The minimum Gasteiger partial charge on any atom is -0.594 e. The van der Waals surface area contributed by atoms with Gasteiger partial charge in [0.1, 0.15) is 5.52 Å². The van der Waals surface area contributed by atoms with E-state index in [0.717, 1.165) is 5.56 Å². The van der Waals surface area contributed by atoms with E-state index in [0.29, 0.717) is 22.4 Å². The Morgan fingerprint density at radius 2 is 2.32 bits per heavy atom. The van der Waals surface area contributed by atoms with Crippen LogP contribution >= 0.6 is 0 Å². The molecule has 0 fully saturated rings. The number of carbonyl (C=O) groups is 1. The number of rotatable bonds is 6. The van der Waals surface area contributed by atoms with Crippen molar-refractivity contribution in [3.8, 4) is 0 Å². The van der Waals surface area contributed by atoms with Gasteiger partial charge in [0.2, 0.25) is 0 Å². The molecular weight excluding hydrogens is 284 g/mol. The van der Waals surface area contributed by atoms with E-state index in [4.69, 9.17) is 4.74 Å². The Kier molecular flexibility index (Phi) is 4.88. The summed E-state index contributed by atoms with van der Waals surface area (Å²) in [5, 5.41) is 18.5. The van der Waals surface area contributed by atoms with Crippen molar-refractivity contribution in [1.29, 1.82) is 0 Å². The molecule has 7 nitrogen and oxygen atoms in total. The smallest absolute Gasteiger partial charge is 0.307 e. The molecule has 0 radical (unpaired) electrons. The third-order valence-electron chi connectivity index (χ3n) is 2.83. The van der Waals surface area contributed by atoms with Gasteiger partial charge in [0, 0.05) is 12.6 Å². The number of ether oxygens (including phenoxy) is 1. The molecule has 0 saturated heterocycles. The fourth-order valence-electron chi connectivity index (χ4n) is 1.86. The summed E-state index contributed by atoms with van der Waals surface area (Å²) in [4.78, 5) is 16.2. The first-order valence-electron chi connectivity index (χ1n) is 6.97. The molecule has 0 aliphatic carbocycles. The summed E-state index contributed by atoms with van der Waals surface area (Å²) in [6.07, 6.45) is 1.67. The van der Waals surface area contributed by atoms with Gasteiger partial charge in [-0.05, 0) is 30.3 Å². The Labute approximate surface area is 128 Å². The van der Waals surface area contributed by atoms with Crippen LogP contribution in [0, 0.1) is 5.21 Å². The Morgan fingerprint density at radius 1 is 1.55 bits per heavy atom. The summed E-state index contributed by atoms with van der Waals surface area (Å²) in [6, 6.07) is 5.20. The molecule has 0 aliphatic rings. The van der Waals surface area contributed by atoms with E-state index in [-0.39, 0.29) is 24.4 Å². The quantitative estimate of drug-likeness (QED) is 0.496. The fourth-order valence-corrected chi connectivity index (χ4v) is 1.86. The van der Waals surface area contributed by atoms with E-state index in [9.17, 15) is 10.0 Å². The third-order valence-corrected chi connectivity index (χ3v) is 2.83. The molecule has 1 aromatic heterocycles. The van der Waals surface area contributed by atoms with Crippen LogP contribution in [0.4, 0.5) is 5.95 Å². The lowest BCUT2D eigenvalue weighted by Gasteiger charge is -2.08. The standard InChI is InChI=1S/C15H18N4O3/c1-4-11-5-6-12-13(9-11)19(21)18-15(17-12)16-8-7-14(20)22-10(2)3/h4-6,9-10H,1,7-8H2,2-3H3,(H,16,17,18). The van der Waals surface area contributed by atoms with Crippen molar-refractivity contribution in [2.75, 3.05) is 11.9 Å². The molecule has 116 valence electrons. The number of benzene rings is 1. The van der Waals surface area contributed by atoms with Crippen molar-refractivity contribution < 1.29 is 14.4 Å². The van der Waals surface area contributed by atoms with E-state index >= 15 is 0 Å². The van der Waals surface area contributed by atoms with Gasteiger partial charge in [-0.25, -0.2) is 4.98 Å². The molecule has 1 heterocycles. The number of fused-ring (bicyclic) bond motifs is 1. The molecule has 0 amide bonds. The predicted octanol–water partition coefficient (Wildman–Crippen LogP) is 1.66. The van der Waals surface area contributed by atoms with Crippen LogP contribution < -0.4 is 10.2 Å². The second-order valence-electron chi connectivity index (χ2n) is 4.98. The zero-order valence-electron chi connectivity index (χ0n) is 12.6.